The van der Waals surface area contributed by atoms with Crippen molar-refractivity contribution in [2.45, 2.75) is 38.3 Å². The van der Waals surface area contributed by atoms with Gasteiger partial charge in [-0.05, 0) is 59.9 Å². The molecule has 0 saturated carbocycles. The van der Waals surface area contributed by atoms with Crippen LogP contribution in [0.15, 0.2) is 18.7 Å². The highest BCUT2D eigenvalue weighted by molar-refractivity contribution is 5.72. The molecule has 1 heterocycles. The van der Waals surface area contributed by atoms with E-state index in [1.165, 1.54) is 27.8 Å². The molecule has 2 heteroatoms. The number of nitrogens with one attached hydrogen (secondary N) is 1. The van der Waals surface area contributed by atoms with E-state index in [-0.39, 0.29) is 0 Å². The zero-order valence-electron chi connectivity index (χ0n) is 10.9. The molecule has 0 bridgehead atoms. The van der Waals surface area contributed by atoms with Gasteiger partial charge in [-0.2, -0.15) is 0 Å². The number of alkyl halides is 1. The Balaban J connectivity index is 1.96. The van der Waals surface area contributed by atoms with Gasteiger partial charge >= 0.3 is 0 Å². The molecule has 1 N–H and O–H groups in total. The molecule has 2 atom stereocenters. The van der Waals surface area contributed by atoms with Gasteiger partial charge in [0.2, 0.25) is 0 Å². The van der Waals surface area contributed by atoms with Gasteiger partial charge in [0.25, 0.3) is 0 Å². The first-order chi connectivity index (χ1) is 8.66. The Morgan fingerprint density at radius 2 is 2.11 bits per heavy atom. The fourth-order valence-electron chi connectivity index (χ4n) is 3.41. The van der Waals surface area contributed by atoms with E-state index >= 15 is 0 Å². The van der Waals surface area contributed by atoms with Gasteiger partial charge in [-0.15, -0.1) is 0 Å². The first kappa shape index (κ1) is 11.9. The van der Waals surface area contributed by atoms with Crippen molar-refractivity contribution >= 4 is 5.57 Å². The monoisotopic (exact) mass is 245 g/mol. The lowest BCUT2D eigenvalue weighted by Gasteiger charge is -2.28. The predicted molar refractivity (Wildman–Crippen MR) is 73.7 cm³/mol. The number of rotatable bonds is 1. The van der Waals surface area contributed by atoms with Crippen molar-refractivity contribution in [3.8, 4) is 0 Å². The SMILES string of the molecule is C=C1CCc2c1ccc(C1CNCC(F)C1)c2C. The maximum Gasteiger partial charge on any atom is 0.113 e. The Hall–Kier alpha value is -1.15. The van der Waals surface area contributed by atoms with Crippen molar-refractivity contribution in [2.24, 2.45) is 0 Å². The standard InChI is InChI=1S/C16H20FN/c1-10-3-4-16-11(2)15(6-5-14(10)16)12-7-13(17)9-18-8-12/h5-6,12-13,18H,1,3-4,7-9H2,2H3. The lowest BCUT2D eigenvalue weighted by atomic mass is 9.85. The number of fused-ring (bicyclic) bond motifs is 1. The molecule has 0 spiro atoms. The minimum atomic E-state index is -0.702. The van der Waals surface area contributed by atoms with E-state index < -0.39 is 6.17 Å². The van der Waals surface area contributed by atoms with Crippen molar-refractivity contribution in [3.05, 3.63) is 41.0 Å². The molecule has 96 valence electrons. The summed E-state index contributed by atoms with van der Waals surface area (Å²) in [6.45, 7) is 7.72. The van der Waals surface area contributed by atoms with Crippen LogP contribution in [0.25, 0.3) is 5.57 Å². The average Bonchev–Trinajstić information content (AvgIpc) is 2.73. The molecule has 3 rings (SSSR count). The van der Waals surface area contributed by atoms with Crippen LogP contribution in [0, 0.1) is 6.92 Å². The Morgan fingerprint density at radius 3 is 2.89 bits per heavy atom. The van der Waals surface area contributed by atoms with Crippen LogP contribution in [-0.2, 0) is 6.42 Å². The zero-order chi connectivity index (χ0) is 12.7. The van der Waals surface area contributed by atoms with Gasteiger partial charge in [0.05, 0.1) is 0 Å². The van der Waals surface area contributed by atoms with Crippen LogP contribution >= 0.6 is 0 Å². The fraction of sp³-hybridized carbons (Fsp3) is 0.500. The number of benzene rings is 1. The Labute approximate surface area is 108 Å². The van der Waals surface area contributed by atoms with Gasteiger partial charge in [-0.3, -0.25) is 0 Å². The number of halogens is 1. The van der Waals surface area contributed by atoms with E-state index in [0.717, 1.165) is 19.4 Å². The van der Waals surface area contributed by atoms with E-state index in [0.29, 0.717) is 18.9 Å². The van der Waals surface area contributed by atoms with Crippen LogP contribution in [0.2, 0.25) is 0 Å². The third kappa shape index (κ3) is 1.89. The van der Waals surface area contributed by atoms with E-state index in [2.05, 4.69) is 31.0 Å². The number of piperidine rings is 1. The number of hydrogen-bond acceptors (Lipinski definition) is 1. The highest BCUT2D eigenvalue weighted by atomic mass is 19.1. The summed E-state index contributed by atoms with van der Waals surface area (Å²) >= 11 is 0. The minimum Gasteiger partial charge on any atom is -0.313 e. The maximum atomic E-state index is 13.5. The summed E-state index contributed by atoms with van der Waals surface area (Å²) in [5, 5.41) is 3.19. The van der Waals surface area contributed by atoms with E-state index in [1.807, 2.05) is 0 Å². The Bertz CT molecular complexity index is 492. The molecule has 1 aromatic carbocycles. The quantitative estimate of drug-likeness (QED) is 0.800. The van der Waals surface area contributed by atoms with Crippen LogP contribution in [0.4, 0.5) is 4.39 Å². The van der Waals surface area contributed by atoms with Gasteiger partial charge in [-0.1, -0.05) is 18.7 Å². The Morgan fingerprint density at radius 1 is 1.28 bits per heavy atom. The molecule has 0 radical (unpaired) electrons. The van der Waals surface area contributed by atoms with Crippen molar-refractivity contribution in [2.75, 3.05) is 13.1 Å². The van der Waals surface area contributed by atoms with Gasteiger partial charge < -0.3 is 5.32 Å². The zero-order valence-corrected chi connectivity index (χ0v) is 10.9. The Kier molecular flexibility index (Phi) is 2.98. The first-order valence-corrected chi connectivity index (χ1v) is 6.82. The highest BCUT2D eigenvalue weighted by Gasteiger charge is 2.26. The molecule has 1 nitrogen and oxygen atoms in total. The molecule has 1 saturated heterocycles. The number of allylic oxidation sites excluding steroid dienone is 1. The van der Waals surface area contributed by atoms with Crippen molar-refractivity contribution in [3.63, 3.8) is 0 Å². The smallest absolute Gasteiger partial charge is 0.113 e. The van der Waals surface area contributed by atoms with Crippen LogP contribution in [0.5, 0.6) is 0 Å². The predicted octanol–water partition coefficient (Wildman–Crippen LogP) is 3.37. The number of hydrogen-bond donors (Lipinski definition) is 1. The largest absolute Gasteiger partial charge is 0.313 e. The van der Waals surface area contributed by atoms with Crippen LogP contribution in [0.1, 0.15) is 41.0 Å². The summed E-state index contributed by atoms with van der Waals surface area (Å²) in [4.78, 5) is 0. The van der Waals surface area contributed by atoms with E-state index in [1.54, 1.807) is 0 Å². The van der Waals surface area contributed by atoms with Crippen molar-refractivity contribution < 1.29 is 4.39 Å². The molecule has 18 heavy (non-hydrogen) atoms. The highest BCUT2D eigenvalue weighted by Crippen LogP contribution is 2.37. The van der Waals surface area contributed by atoms with E-state index in [4.69, 9.17) is 0 Å². The van der Waals surface area contributed by atoms with E-state index in [9.17, 15) is 4.39 Å². The molecule has 2 aliphatic rings. The fourth-order valence-corrected chi connectivity index (χ4v) is 3.41. The molecule has 1 aromatic rings. The second kappa shape index (κ2) is 4.51. The summed E-state index contributed by atoms with van der Waals surface area (Å²) in [7, 11) is 0. The molecule has 1 aliphatic heterocycles. The van der Waals surface area contributed by atoms with Gasteiger partial charge in [0.15, 0.2) is 0 Å². The van der Waals surface area contributed by atoms with Crippen LogP contribution < -0.4 is 5.32 Å². The normalized spacial score (nSPS) is 27.3. The van der Waals surface area contributed by atoms with Crippen molar-refractivity contribution in [1.82, 2.24) is 5.32 Å². The lowest BCUT2D eigenvalue weighted by Crippen LogP contribution is -2.36. The summed E-state index contributed by atoms with van der Waals surface area (Å²) < 4.78 is 13.5. The molecule has 1 fully saturated rings. The van der Waals surface area contributed by atoms with Gasteiger partial charge in [-0.25, -0.2) is 4.39 Å². The van der Waals surface area contributed by atoms with Crippen molar-refractivity contribution in [1.29, 1.82) is 0 Å². The topological polar surface area (TPSA) is 12.0 Å². The summed E-state index contributed by atoms with van der Waals surface area (Å²) in [5.74, 6) is 0.327. The third-order valence-corrected chi connectivity index (χ3v) is 4.43. The molecule has 2 unspecified atom stereocenters. The minimum absolute atomic E-state index is 0.327. The molecule has 0 amide bonds. The molecule has 0 aromatic heterocycles. The third-order valence-electron chi connectivity index (χ3n) is 4.43. The average molecular weight is 245 g/mol. The summed E-state index contributed by atoms with van der Waals surface area (Å²) in [6.07, 6.45) is 2.14. The van der Waals surface area contributed by atoms with Crippen LogP contribution in [-0.4, -0.2) is 19.3 Å². The second-order valence-corrected chi connectivity index (χ2v) is 5.60. The first-order valence-electron chi connectivity index (χ1n) is 6.82. The van der Waals surface area contributed by atoms with Crippen LogP contribution in [0.3, 0.4) is 0 Å². The molecule has 1 aliphatic carbocycles. The lowest BCUT2D eigenvalue weighted by molar-refractivity contribution is 0.247. The second-order valence-electron chi connectivity index (χ2n) is 5.60. The summed E-state index contributed by atoms with van der Waals surface area (Å²) in [5.41, 5.74) is 6.73. The molecular formula is C16H20FN. The molecular weight excluding hydrogens is 225 g/mol. The van der Waals surface area contributed by atoms with Gasteiger partial charge in [0.1, 0.15) is 6.17 Å². The summed E-state index contributed by atoms with van der Waals surface area (Å²) in [6, 6.07) is 4.38. The van der Waals surface area contributed by atoms with Gasteiger partial charge in [0, 0.05) is 13.1 Å². The maximum absolute atomic E-state index is 13.5.